The largest absolute Gasteiger partial charge is 0.485 e. The first-order chi connectivity index (χ1) is 6.26. The average Bonchev–Trinajstić information content (AvgIpc) is 2.18. The smallest absolute Gasteiger partial charge is 0.400 e. The highest BCUT2D eigenvalue weighted by atomic mass is 16.6. The zero-order valence-corrected chi connectivity index (χ0v) is 7.57. The maximum atomic E-state index is 9.02. The molecule has 0 heterocycles. The first-order valence-corrected chi connectivity index (χ1v) is 3.77. The number of benzene rings is 1. The van der Waals surface area contributed by atoms with Crippen LogP contribution in [0.2, 0.25) is 0 Å². The molecule has 0 aliphatic rings. The van der Waals surface area contributed by atoms with E-state index in [1.807, 2.05) is 12.1 Å². The fourth-order valence-corrected chi connectivity index (χ4v) is 0.875. The van der Waals surface area contributed by atoms with Crippen molar-refractivity contribution in [2.75, 3.05) is 14.2 Å². The van der Waals surface area contributed by atoms with Gasteiger partial charge in [-0.25, -0.2) is 0 Å². The Hall–Kier alpha value is -1.73. The van der Waals surface area contributed by atoms with Crippen molar-refractivity contribution in [3.63, 3.8) is 0 Å². The molecule has 0 spiro atoms. The molecule has 0 aromatic heterocycles. The third kappa shape index (κ3) is 2.65. The Morgan fingerprint density at radius 2 is 2.15 bits per heavy atom. The van der Waals surface area contributed by atoms with Gasteiger partial charge in [-0.15, -0.1) is 0 Å². The van der Waals surface area contributed by atoms with E-state index >= 15 is 0 Å². The molecule has 0 radical (unpaired) electrons. The summed E-state index contributed by atoms with van der Waals surface area (Å²) in [6, 6.07) is 7.16. The van der Waals surface area contributed by atoms with Crippen LogP contribution in [0.3, 0.4) is 0 Å². The highest BCUT2D eigenvalue weighted by molar-refractivity contribution is 5.32. The zero-order valence-electron chi connectivity index (χ0n) is 7.57. The topological polar surface area (TPSA) is 38.7 Å². The summed E-state index contributed by atoms with van der Waals surface area (Å²) < 4.78 is 9.55. The minimum absolute atomic E-state index is 0.242. The van der Waals surface area contributed by atoms with Crippen LogP contribution in [0.15, 0.2) is 30.2 Å². The maximum Gasteiger partial charge on any atom is 0.400 e. The lowest BCUT2D eigenvalue weighted by atomic mass is 10.2. The normalized spacial score (nSPS) is 10.5. The van der Waals surface area contributed by atoms with Gasteiger partial charge < -0.3 is 14.6 Å². The van der Waals surface area contributed by atoms with Crippen LogP contribution in [-0.4, -0.2) is 19.3 Å². The Balaban J connectivity index is 2.89. The molecule has 1 N–H and O–H groups in total. The van der Waals surface area contributed by atoms with Crippen LogP contribution < -0.4 is 4.74 Å². The van der Waals surface area contributed by atoms with Gasteiger partial charge in [-0.05, 0) is 0 Å². The molecule has 0 fully saturated rings. The summed E-state index contributed by atoms with van der Waals surface area (Å²) in [5.74, 6) is 0.474. The lowest BCUT2D eigenvalue weighted by Gasteiger charge is -1.93. The predicted molar refractivity (Wildman–Crippen MR) is 48.5 cm³/mol. The average molecular weight is 179 g/mol. The van der Waals surface area contributed by atoms with Crippen molar-refractivity contribution >= 4 is 0 Å². The number of hydrogen-bond acceptors (Lipinski definition) is 3. The van der Waals surface area contributed by atoms with Crippen LogP contribution in [0, 0.1) is 6.08 Å². The number of methoxy groups -OCH3 is 2. The second kappa shape index (κ2) is 4.33. The van der Waals surface area contributed by atoms with Crippen LogP contribution in [0.25, 0.3) is 0 Å². The molecule has 0 amide bonds. The Bertz CT molecular complexity index is 305. The molecule has 0 aliphatic heterocycles. The summed E-state index contributed by atoms with van der Waals surface area (Å²) >= 11 is 0. The number of aliphatic hydroxyl groups excluding tert-OH is 1. The van der Waals surface area contributed by atoms with Crippen LogP contribution >= 0.6 is 0 Å². The van der Waals surface area contributed by atoms with E-state index in [9.17, 15) is 0 Å². The first-order valence-electron chi connectivity index (χ1n) is 3.77. The van der Waals surface area contributed by atoms with Gasteiger partial charge in [0.25, 0.3) is 0 Å². The molecule has 0 saturated carbocycles. The third-order valence-corrected chi connectivity index (χ3v) is 1.51. The van der Waals surface area contributed by atoms with E-state index in [4.69, 9.17) is 9.84 Å². The second-order valence-electron chi connectivity index (χ2n) is 2.37. The molecule has 1 aromatic carbocycles. The number of hydrogen-bond donors (Lipinski definition) is 1. The van der Waals surface area contributed by atoms with Crippen molar-refractivity contribution in [3.8, 4) is 5.75 Å². The van der Waals surface area contributed by atoms with Gasteiger partial charge in [-0.1, -0.05) is 0 Å². The van der Waals surface area contributed by atoms with Crippen molar-refractivity contribution in [2.45, 2.75) is 0 Å². The molecular weight excluding hydrogens is 168 g/mol. The molecule has 1 rings (SSSR count). The highest BCUT2D eigenvalue weighted by Crippen LogP contribution is 2.13. The molecule has 3 nitrogen and oxygen atoms in total. The molecule has 0 saturated heterocycles. The molecule has 1 aromatic rings. The summed E-state index contributed by atoms with van der Waals surface area (Å²) in [5.41, 5.74) is 0.707. The van der Waals surface area contributed by atoms with E-state index in [0.29, 0.717) is 11.3 Å². The SMILES string of the molecule is COC(O)=[C+]c1cccc(OC)c1. The molecule has 0 unspecified atom stereocenters. The zero-order chi connectivity index (χ0) is 9.68. The van der Waals surface area contributed by atoms with Crippen molar-refractivity contribution in [1.29, 1.82) is 0 Å². The van der Waals surface area contributed by atoms with Crippen LogP contribution in [0.5, 0.6) is 5.75 Å². The summed E-state index contributed by atoms with van der Waals surface area (Å²) in [4.78, 5) is 0. The van der Waals surface area contributed by atoms with Crippen LogP contribution in [0.1, 0.15) is 5.56 Å². The Kier molecular flexibility index (Phi) is 3.12. The standard InChI is InChI=1S/C10H10O3/c1-12-9-5-3-4-8(6-9)7-10(11)13-2/h3-6H,1-2H3/p+1. The summed E-state index contributed by atoms with van der Waals surface area (Å²) in [5, 5.41) is 9.02. The van der Waals surface area contributed by atoms with E-state index in [2.05, 4.69) is 10.8 Å². The van der Waals surface area contributed by atoms with Crippen LogP contribution in [0.4, 0.5) is 0 Å². The second-order valence-corrected chi connectivity index (χ2v) is 2.37. The Morgan fingerprint density at radius 1 is 1.38 bits per heavy atom. The van der Waals surface area contributed by atoms with Gasteiger partial charge in [0.15, 0.2) is 11.3 Å². The van der Waals surface area contributed by atoms with Crippen molar-refractivity contribution < 1.29 is 14.6 Å². The highest BCUT2D eigenvalue weighted by Gasteiger charge is 2.05. The lowest BCUT2D eigenvalue weighted by Crippen LogP contribution is -1.87. The monoisotopic (exact) mass is 179 g/mol. The minimum atomic E-state index is -0.242. The molecular formula is C10H11O3+. The number of ether oxygens (including phenoxy) is 2. The van der Waals surface area contributed by atoms with E-state index in [1.54, 1.807) is 19.2 Å². The fraction of sp³-hybridized carbons (Fsp3) is 0.200. The van der Waals surface area contributed by atoms with Gasteiger partial charge in [-0.2, -0.15) is 0 Å². The maximum absolute atomic E-state index is 9.02. The van der Waals surface area contributed by atoms with Gasteiger partial charge in [-0.3, -0.25) is 0 Å². The van der Waals surface area contributed by atoms with Gasteiger partial charge in [0.1, 0.15) is 6.08 Å². The first kappa shape index (κ1) is 9.36. The van der Waals surface area contributed by atoms with E-state index in [-0.39, 0.29) is 5.95 Å². The summed E-state index contributed by atoms with van der Waals surface area (Å²) in [7, 11) is 2.96. The minimum Gasteiger partial charge on any atom is -0.485 e. The predicted octanol–water partition coefficient (Wildman–Crippen LogP) is 1.89. The van der Waals surface area contributed by atoms with E-state index < -0.39 is 0 Å². The molecule has 0 aliphatic carbocycles. The lowest BCUT2D eigenvalue weighted by molar-refractivity contribution is 0.134. The number of aliphatic hydroxyl groups is 1. The van der Waals surface area contributed by atoms with Crippen molar-refractivity contribution in [1.82, 2.24) is 0 Å². The van der Waals surface area contributed by atoms with Crippen LogP contribution in [-0.2, 0) is 4.74 Å². The molecule has 3 heteroatoms. The molecule has 68 valence electrons. The molecule has 0 atom stereocenters. The van der Waals surface area contributed by atoms with Crippen molar-refractivity contribution in [3.05, 3.63) is 41.9 Å². The quantitative estimate of drug-likeness (QED) is 0.568. The Labute approximate surface area is 77.2 Å². The van der Waals surface area contributed by atoms with Gasteiger partial charge in [0.05, 0.1) is 26.4 Å². The third-order valence-electron chi connectivity index (χ3n) is 1.51. The number of rotatable bonds is 3. The summed E-state index contributed by atoms with van der Waals surface area (Å²) in [6.07, 6.45) is 2.64. The fourth-order valence-electron chi connectivity index (χ4n) is 0.875. The van der Waals surface area contributed by atoms with Gasteiger partial charge in [0, 0.05) is 12.1 Å². The molecule has 0 bridgehead atoms. The van der Waals surface area contributed by atoms with Gasteiger partial charge in [0.2, 0.25) is 0 Å². The Morgan fingerprint density at radius 3 is 2.77 bits per heavy atom. The molecule has 13 heavy (non-hydrogen) atoms. The van der Waals surface area contributed by atoms with E-state index in [1.165, 1.54) is 7.11 Å². The summed E-state index contributed by atoms with van der Waals surface area (Å²) in [6.45, 7) is 0. The van der Waals surface area contributed by atoms with Crippen molar-refractivity contribution in [2.24, 2.45) is 0 Å². The van der Waals surface area contributed by atoms with E-state index in [0.717, 1.165) is 0 Å². The van der Waals surface area contributed by atoms with Gasteiger partial charge >= 0.3 is 5.95 Å².